The Kier molecular flexibility index (Phi) is 5.05. The smallest absolute Gasteiger partial charge is 0.251 e. The van der Waals surface area contributed by atoms with Gasteiger partial charge in [-0.25, -0.2) is 0 Å². The molecule has 0 radical (unpaired) electrons. The number of amides is 1. The molecule has 126 valence electrons. The number of fused-ring (bicyclic) bond motifs is 2. The van der Waals surface area contributed by atoms with Crippen molar-refractivity contribution in [1.82, 2.24) is 10.2 Å². The van der Waals surface area contributed by atoms with Crippen LogP contribution in [0.25, 0.3) is 0 Å². The average molecular weight is 314 g/mol. The predicted octanol–water partition coefficient (Wildman–Crippen LogP) is 3.77. The molecule has 3 atom stereocenters. The largest absolute Gasteiger partial charge is 0.349 e. The van der Waals surface area contributed by atoms with Gasteiger partial charge in [0.05, 0.1) is 0 Å². The van der Waals surface area contributed by atoms with E-state index in [1.54, 1.807) is 0 Å². The van der Waals surface area contributed by atoms with Gasteiger partial charge in [0.2, 0.25) is 0 Å². The summed E-state index contributed by atoms with van der Waals surface area (Å²) in [5.74, 6) is 0.819. The van der Waals surface area contributed by atoms with E-state index in [1.807, 2.05) is 31.2 Å². The Bertz CT molecular complexity index is 540. The van der Waals surface area contributed by atoms with Gasteiger partial charge in [-0.3, -0.25) is 9.69 Å². The first-order valence-electron chi connectivity index (χ1n) is 9.17. The minimum Gasteiger partial charge on any atom is -0.349 e. The molecule has 3 rings (SSSR count). The number of nitrogens with zero attached hydrogens (tertiary/aromatic N) is 1. The first kappa shape index (κ1) is 16.5. The Morgan fingerprint density at radius 1 is 1.22 bits per heavy atom. The summed E-state index contributed by atoms with van der Waals surface area (Å²) in [4.78, 5) is 15.3. The van der Waals surface area contributed by atoms with Crippen molar-refractivity contribution in [2.24, 2.45) is 5.92 Å². The zero-order valence-corrected chi connectivity index (χ0v) is 14.7. The van der Waals surface area contributed by atoms with Crippen molar-refractivity contribution < 1.29 is 4.79 Å². The number of benzene rings is 1. The van der Waals surface area contributed by atoms with Gasteiger partial charge in [0.15, 0.2) is 0 Å². The van der Waals surface area contributed by atoms with Gasteiger partial charge in [0, 0.05) is 30.2 Å². The van der Waals surface area contributed by atoms with Crippen molar-refractivity contribution in [3.05, 3.63) is 35.4 Å². The predicted molar refractivity (Wildman–Crippen MR) is 94.6 cm³/mol. The van der Waals surface area contributed by atoms with Gasteiger partial charge >= 0.3 is 0 Å². The third-order valence-corrected chi connectivity index (χ3v) is 5.43. The highest BCUT2D eigenvalue weighted by atomic mass is 16.1. The highest BCUT2D eigenvalue weighted by Gasteiger charge is 2.38. The molecule has 2 heterocycles. The Hall–Kier alpha value is -1.35. The van der Waals surface area contributed by atoms with Crippen molar-refractivity contribution in [2.45, 2.75) is 71.0 Å². The van der Waals surface area contributed by atoms with Crippen LogP contribution in [-0.2, 0) is 0 Å². The van der Waals surface area contributed by atoms with Crippen LogP contribution in [0, 0.1) is 12.8 Å². The van der Waals surface area contributed by atoms with E-state index in [2.05, 4.69) is 24.1 Å². The summed E-state index contributed by atoms with van der Waals surface area (Å²) < 4.78 is 0. The highest BCUT2D eigenvalue weighted by molar-refractivity contribution is 5.95. The normalized spacial score (nSPS) is 27.9. The molecule has 23 heavy (non-hydrogen) atoms. The van der Waals surface area contributed by atoms with E-state index in [4.69, 9.17) is 0 Å². The molecule has 3 heteroatoms. The summed E-state index contributed by atoms with van der Waals surface area (Å²) in [5, 5.41) is 3.31. The topological polar surface area (TPSA) is 32.3 Å². The summed E-state index contributed by atoms with van der Waals surface area (Å²) in [6, 6.07) is 9.52. The van der Waals surface area contributed by atoms with E-state index >= 15 is 0 Å². The molecule has 1 aromatic carbocycles. The molecule has 1 N–H and O–H groups in total. The monoisotopic (exact) mass is 314 g/mol. The van der Waals surface area contributed by atoms with Crippen LogP contribution >= 0.6 is 0 Å². The Morgan fingerprint density at radius 2 is 1.87 bits per heavy atom. The quantitative estimate of drug-likeness (QED) is 0.917. The fourth-order valence-corrected chi connectivity index (χ4v) is 4.41. The van der Waals surface area contributed by atoms with Crippen molar-refractivity contribution in [3.63, 3.8) is 0 Å². The molecular weight excluding hydrogens is 284 g/mol. The molecule has 1 aromatic rings. The van der Waals surface area contributed by atoms with Crippen LogP contribution in [0.5, 0.6) is 0 Å². The van der Waals surface area contributed by atoms with Crippen LogP contribution in [0.15, 0.2) is 24.3 Å². The van der Waals surface area contributed by atoms with Crippen molar-refractivity contribution in [2.75, 3.05) is 6.54 Å². The van der Waals surface area contributed by atoms with Crippen LogP contribution in [0.3, 0.4) is 0 Å². The van der Waals surface area contributed by atoms with E-state index < -0.39 is 0 Å². The molecule has 1 amide bonds. The van der Waals surface area contributed by atoms with E-state index in [9.17, 15) is 4.79 Å². The lowest BCUT2D eigenvalue weighted by atomic mass is 9.81. The molecule has 0 saturated carbocycles. The van der Waals surface area contributed by atoms with Crippen molar-refractivity contribution in [3.8, 4) is 0 Å². The first-order chi connectivity index (χ1) is 11.0. The van der Waals surface area contributed by atoms with E-state index in [-0.39, 0.29) is 5.91 Å². The van der Waals surface area contributed by atoms with Gasteiger partial charge in [0.25, 0.3) is 5.91 Å². The maximum atomic E-state index is 12.6. The van der Waals surface area contributed by atoms with Gasteiger partial charge < -0.3 is 5.32 Å². The Balaban J connectivity index is 1.65. The second-order valence-electron chi connectivity index (χ2n) is 7.79. The van der Waals surface area contributed by atoms with E-state index in [0.29, 0.717) is 18.1 Å². The minimum absolute atomic E-state index is 0.100. The summed E-state index contributed by atoms with van der Waals surface area (Å²) in [7, 11) is 0. The second kappa shape index (κ2) is 7.04. The zero-order valence-electron chi connectivity index (χ0n) is 14.7. The number of rotatable bonds is 4. The SMILES string of the molecule is Cc1ccccc1C(=O)NC1C[C@H]2CCC[C@@H](C1)N2CC(C)C. The standard InChI is InChI=1S/C20H30N2O/c1-14(2)13-22-17-8-6-9-18(22)12-16(11-17)21-20(23)19-10-5-4-7-15(19)3/h4-5,7,10,14,16-18H,6,8-9,11-13H2,1-3H3,(H,21,23)/t16?,17-,18+. The van der Waals surface area contributed by atoms with Crippen LogP contribution in [0.1, 0.15) is 61.9 Å². The van der Waals surface area contributed by atoms with E-state index in [0.717, 1.165) is 29.9 Å². The molecule has 2 aliphatic heterocycles. The zero-order chi connectivity index (χ0) is 16.4. The molecule has 2 saturated heterocycles. The lowest BCUT2D eigenvalue weighted by Crippen LogP contribution is -2.57. The third-order valence-electron chi connectivity index (χ3n) is 5.43. The molecule has 1 unspecified atom stereocenters. The van der Waals surface area contributed by atoms with Gasteiger partial charge in [-0.15, -0.1) is 0 Å². The van der Waals surface area contributed by atoms with Gasteiger partial charge in [0.1, 0.15) is 0 Å². The van der Waals surface area contributed by atoms with Gasteiger partial charge in [-0.05, 0) is 50.2 Å². The summed E-state index contributed by atoms with van der Waals surface area (Å²) in [5.41, 5.74) is 1.88. The maximum Gasteiger partial charge on any atom is 0.251 e. The molecule has 2 aliphatic rings. The van der Waals surface area contributed by atoms with Crippen LogP contribution < -0.4 is 5.32 Å². The molecule has 2 fully saturated rings. The highest BCUT2D eigenvalue weighted by Crippen LogP contribution is 2.34. The number of carbonyl (C=O) groups excluding carboxylic acids is 1. The lowest BCUT2D eigenvalue weighted by Gasteiger charge is -2.49. The van der Waals surface area contributed by atoms with Crippen molar-refractivity contribution >= 4 is 5.91 Å². The summed E-state index contributed by atoms with van der Waals surface area (Å²) >= 11 is 0. The maximum absolute atomic E-state index is 12.6. The van der Waals surface area contributed by atoms with Crippen LogP contribution in [0.4, 0.5) is 0 Å². The fraction of sp³-hybridized carbons (Fsp3) is 0.650. The lowest BCUT2D eigenvalue weighted by molar-refractivity contribution is 0.0158. The van der Waals surface area contributed by atoms with Crippen molar-refractivity contribution in [1.29, 1.82) is 0 Å². The Morgan fingerprint density at radius 3 is 2.48 bits per heavy atom. The van der Waals surface area contributed by atoms with E-state index in [1.165, 1.54) is 25.8 Å². The molecule has 0 aromatic heterocycles. The molecule has 3 nitrogen and oxygen atoms in total. The van der Waals surface area contributed by atoms with Gasteiger partial charge in [-0.2, -0.15) is 0 Å². The number of piperidine rings is 2. The molecule has 0 spiro atoms. The number of aryl methyl sites for hydroxylation is 1. The first-order valence-corrected chi connectivity index (χ1v) is 9.17. The number of hydrogen-bond donors (Lipinski definition) is 1. The van der Waals surface area contributed by atoms with Crippen LogP contribution in [-0.4, -0.2) is 35.5 Å². The van der Waals surface area contributed by atoms with Gasteiger partial charge in [-0.1, -0.05) is 38.5 Å². The third kappa shape index (κ3) is 3.77. The number of carbonyl (C=O) groups is 1. The molecule has 2 bridgehead atoms. The van der Waals surface area contributed by atoms with Crippen LogP contribution in [0.2, 0.25) is 0 Å². The summed E-state index contributed by atoms with van der Waals surface area (Å²) in [6.45, 7) is 7.83. The fourth-order valence-electron chi connectivity index (χ4n) is 4.41. The molecular formula is C20H30N2O. The number of nitrogens with one attached hydrogen (secondary N) is 1. The Labute approximate surface area is 140 Å². The second-order valence-corrected chi connectivity index (χ2v) is 7.79. The minimum atomic E-state index is 0.100. The average Bonchev–Trinajstić information content (AvgIpc) is 2.47. The summed E-state index contributed by atoms with van der Waals surface area (Å²) in [6.07, 6.45) is 6.16. The number of hydrogen-bond acceptors (Lipinski definition) is 2. The molecule has 0 aliphatic carbocycles.